The smallest absolute Gasteiger partial charge is 0.387 e. The van der Waals surface area contributed by atoms with E-state index in [-0.39, 0.29) is 63.3 Å². The van der Waals surface area contributed by atoms with E-state index in [2.05, 4.69) is 76.6 Å². The molecule has 109 heavy (non-hydrogen) atoms. The van der Waals surface area contributed by atoms with Crippen molar-refractivity contribution >= 4 is 138 Å². The molecule has 10 heterocycles. The highest BCUT2D eigenvalue weighted by molar-refractivity contribution is 7.99. The summed E-state index contributed by atoms with van der Waals surface area (Å²) >= 11 is 18.3. The molecule has 0 bridgehead atoms. The van der Waals surface area contributed by atoms with Crippen molar-refractivity contribution in [2.24, 2.45) is 5.92 Å². The van der Waals surface area contributed by atoms with E-state index < -0.39 is 170 Å². The molecule has 0 aromatic carbocycles. The predicted octanol–water partition coefficient (Wildman–Crippen LogP) is 1.36. The third-order valence-corrected chi connectivity index (χ3v) is 33.3. The molecule has 16 N–H and O–H groups in total. The van der Waals surface area contributed by atoms with Gasteiger partial charge in [-0.3, -0.25) is 13.7 Å². The highest BCUT2D eigenvalue weighted by Gasteiger charge is 2.61. The number of aliphatic hydroxyl groups excluding tert-OH is 6. The second kappa shape index (κ2) is 32.2. The summed E-state index contributed by atoms with van der Waals surface area (Å²) in [6.45, 7) is 0. The average molecular weight is 1730 g/mol. The van der Waals surface area contributed by atoms with Crippen LogP contribution in [-0.2, 0) is 57.4 Å². The van der Waals surface area contributed by atoms with Gasteiger partial charge >= 0.3 is 29.0 Å². The van der Waals surface area contributed by atoms with Gasteiger partial charge in [0.25, 0.3) is 4.99 Å². The number of aromatic amines is 1. The molecule has 0 radical (unpaired) electrons. The Morgan fingerprint density at radius 2 is 0.835 bits per heavy atom. The van der Waals surface area contributed by atoms with Crippen LogP contribution in [0, 0.1) is 5.92 Å². The van der Waals surface area contributed by atoms with Gasteiger partial charge in [-0.05, 0) is 85.7 Å². The number of anilines is 3. The largest absolute Gasteiger partial charge is 0.417 e. The Morgan fingerprint density at radius 3 is 1.13 bits per heavy atom. The average Bonchev–Trinajstić information content (AvgIpc) is 1.65. The van der Waals surface area contributed by atoms with Crippen LogP contribution in [0.2, 0.25) is 15.9 Å². The quantitative estimate of drug-likeness (QED) is 0.0300. The van der Waals surface area contributed by atoms with Crippen molar-refractivity contribution in [1.82, 2.24) is 79.9 Å². The van der Waals surface area contributed by atoms with Crippen molar-refractivity contribution in [3.05, 3.63) is 40.3 Å². The van der Waals surface area contributed by atoms with Gasteiger partial charge in [-0.2, -0.15) is 63.6 Å². The normalized spacial score (nSPS) is 27.3. The first-order chi connectivity index (χ1) is 51.0. The monoisotopic (exact) mass is 1720 g/mol. The van der Waals surface area contributed by atoms with Crippen molar-refractivity contribution < 1.29 is 126 Å². The van der Waals surface area contributed by atoms with Gasteiger partial charge in [-0.15, -0.1) is 10.2 Å². The summed E-state index contributed by atoms with van der Waals surface area (Å²) in [5.41, 5.74) is 0.413. The fourth-order valence-electron chi connectivity index (χ4n) is 14.1. The number of H-pyrrole nitrogens is 1. The molecular formula is C54H74Cl3F3N19O24P3S3. The van der Waals surface area contributed by atoms with E-state index in [1.54, 1.807) is 0 Å². The molecule has 4 aliphatic carbocycles. The molecule has 3 aliphatic heterocycles. The van der Waals surface area contributed by atoms with Crippen molar-refractivity contribution in [1.29, 1.82) is 0 Å². The van der Waals surface area contributed by atoms with Crippen LogP contribution in [0.5, 0.6) is 0 Å². The maximum absolute atomic E-state index is 13.2. The summed E-state index contributed by atoms with van der Waals surface area (Å²) < 4.78 is 171. The molecule has 3 unspecified atom stereocenters. The van der Waals surface area contributed by atoms with Crippen LogP contribution in [0.15, 0.2) is 18.6 Å². The molecule has 7 aromatic heterocycles. The molecule has 0 amide bonds. The van der Waals surface area contributed by atoms with Crippen LogP contribution >= 0.6 is 57.6 Å². The lowest BCUT2D eigenvalue weighted by Gasteiger charge is -2.23. The number of hydrogen-bond acceptors (Lipinski definition) is 33. The molecule has 604 valence electrons. The lowest BCUT2D eigenvalue weighted by Crippen LogP contribution is -2.43. The summed E-state index contributed by atoms with van der Waals surface area (Å²) in [4.78, 5) is 73.4. The molecular weight excluding hydrogens is 1650 g/mol. The van der Waals surface area contributed by atoms with Crippen molar-refractivity contribution in [3.8, 4) is 0 Å². The Morgan fingerprint density at radius 1 is 0.495 bits per heavy atom. The maximum Gasteiger partial charge on any atom is 0.417 e. The maximum atomic E-state index is 13.2. The number of aromatic nitrogens is 16. The number of sulfone groups is 3. The molecule has 4 saturated carbocycles. The second-order valence-corrected chi connectivity index (χ2v) is 41.2. The number of halogens is 6. The van der Waals surface area contributed by atoms with Gasteiger partial charge in [0, 0.05) is 18.1 Å². The van der Waals surface area contributed by atoms with Gasteiger partial charge < -0.3 is 90.2 Å². The Labute approximate surface area is 629 Å². The molecule has 7 aromatic rings. The van der Waals surface area contributed by atoms with Crippen LogP contribution in [0.25, 0.3) is 33.1 Å². The molecule has 7 fully saturated rings. The topological polar surface area (TPSA) is 645 Å². The zero-order valence-electron chi connectivity index (χ0n) is 56.2. The number of nitrogens with one attached hydrogen (secondary N) is 4. The summed E-state index contributed by atoms with van der Waals surface area (Å²) in [7, 11) is -31.2. The van der Waals surface area contributed by atoms with Crippen LogP contribution in [0.4, 0.5) is 30.6 Å². The van der Waals surface area contributed by atoms with Crippen LogP contribution in [0.1, 0.15) is 126 Å². The number of rotatable bonds is 24. The molecule has 3 saturated heterocycles. The molecule has 7 aliphatic rings. The summed E-state index contributed by atoms with van der Waals surface area (Å²) in [6, 6.07) is 0.552. The molecule has 15 atom stereocenters. The zero-order valence-corrected chi connectivity index (χ0v) is 63.6. The lowest BCUT2D eigenvalue weighted by atomic mass is 10.1. The molecule has 43 nitrogen and oxygen atoms in total. The van der Waals surface area contributed by atoms with E-state index in [1.165, 1.54) is 23.3 Å². The van der Waals surface area contributed by atoms with Crippen molar-refractivity contribution in [2.75, 3.05) is 33.2 Å². The Bertz CT molecular complexity index is 4960. The number of ether oxygens (including phenoxy) is 3. The van der Waals surface area contributed by atoms with Gasteiger partial charge in [0.05, 0.1) is 52.0 Å². The van der Waals surface area contributed by atoms with Crippen molar-refractivity contribution in [2.45, 2.75) is 209 Å². The Hall–Kier alpha value is -5.28. The van der Waals surface area contributed by atoms with E-state index in [9.17, 15) is 102 Å². The van der Waals surface area contributed by atoms with Gasteiger partial charge in [0.15, 0.2) is 70.1 Å². The third-order valence-electron chi connectivity index (χ3n) is 19.5. The second-order valence-electron chi connectivity index (χ2n) is 27.4. The SMILES string of the molecule is O=P(O)(O)C(C(F)(F)F)S(=O)(=O)C[C@H]1O[C@@H](n2ncc3c(NC4CCCC4)nc(Cl)nc32)[C@H](O)[C@@H]1O.O=P(O)(O)C(CC1CC1)S(=O)(=O)C[C@H]1O[C@@H](n2ncc3c(NC4CCCC4)nc(Cl)nc32)[C@H](O)[C@@H]1O.O=P(O)(O)C(c1nn[nH]n1)S(=O)(=O)C[C@H]1O[C@@H](n2ncc3c(NC4CCCC4)nc(Cl)nc32)[C@H](O)[C@@H]1O. The van der Waals surface area contributed by atoms with E-state index in [0.29, 0.717) is 46.5 Å². The molecule has 55 heteroatoms. The number of hydrogen-bond donors (Lipinski definition) is 16. The standard InChI is InChI=1S/C20H29ClN5O8PS.C17H22ClF3N5O8PS.C17H23ClN9O8PS/c21-20-24-17(23-11-3-1-2-4-11)12-8-22-26(18(12)25-20)19-16(28)15(27)13(34-19)9-36(32,33)14(35(29,30)31)7-10-5-6-10;18-16-24-12(23-7-3-1-2-4-7)8-5-22-26(13(8)25-16)14-11(28)10(27)9(34-14)6-36(32,33)15(17(19,20)21)35(29,30)31;18-17-21-12(20-7-3-1-2-4-7)8-5-19-27(14(8)22-17)15-11(29)10(28)9(35-15)6-37(33,34)16(36(30,31)32)13-23-25-26-24-13/h8,10-11,13-16,19,27-28H,1-7,9H2,(H,23,24,25)(H2,29,30,31);5,7,9-11,14-15,27-28H,1-4,6H2,(H,23,24,25)(H2,29,30,31);5,7,9-11,15-16,28-29H,1-4,6H2,(H,20,21,22)(H2,30,31,32)(H,23,24,25,26)/t13-,14?,15-,16-,19-;9-,10-,11-,14-,15?;9-,10-,11-,15-,16?/m111/s1. The van der Waals surface area contributed by atoms with E-state index in [1.807, 2.05) is 5.21 Å². The first-order valence-corrected chi connectivity index (χ1v) is 45.0. The van der Waals surface area contributed by atoms with Crippen LogP contribution in [0.3, 0.4) is 0 Å². The minimum absolute atomic E-state index is 0.0265. The van der Waals surface area contributed by atoms with Gasteiger partial charge in [0.1, 0.15) is 72.4 Å². The lowest BCUT2D eigenvalue weighted by molar-refractivity contribution is -0.118. The minimum Gasteiger partial charge on any atom is -0.387 e. The third kappa shape index (κ3) is 18.4. The van der Waals surface area contributed by atoms with Crippen molar-refractivity contribution in [3.63, 3.8) is 0 Å². The Kier molecular flexibility index (Phi) is 24.6. The highest BCUT2D eigenvalue weighted by Crippen LogP contribution is 2.56. The van der Waals surface area contributed by atoms with E-state index in [4.69, 9.17) is 58.8 Å². The van der Waals surface area contributed by atoms with Gasteiger partial charge in [-0.25, -0.2) is 39.3 Å². The van der Waals surface area contributed by atoms with Crippen LogP contribution in [-0.4, -0.2) is 272 Å². The van der Waals surface area contributed by atoms with Gasteiger partial charge in [0.2, 0.25) is 26.7 Å². The highest BCUT2D eigenvalue weighted by atomic mass is 35.5. The minimum atomic E-state index is -6.20. The predicted molar refractivity (Wildman–Crippen MR) is 372 cm³/mol. The van der Waals surface area contributed by atoms with Crippen LogP contribution < -0.4 is 16.0 Å². The molecule has 0 spiro atoms. The van der Waals surface area contributed by atoms with E-state index in [0.717, 1.165) is 86.4 Å². The molecule has 14 rings (SSSR count). The summed E-state index contributed by atoms with van der Waals surface area (Å²) in [6.07, 6.45) is -8.06. The Balaban J connectivity index is 0.000000152. The number of fused-ring (bicyclic) bond motifs is 3. The first-order valence-electron chi connectivity index (χ1n) is 33.7. The number of nitrogens with zero attached hydrogens (tertiary/aromatic N) is 15. The van der Waals surface area contributed by atoms with Gasteiger partial charge in [-0.1, -0.05) is 56.6 Å². The summed E-state index contributed by atoms with van der Waals surface area (Å²) in [5.74, 6) is -3.14. The first kappa shape index (κ1) is 83.2. The number of tetrazole rings is 1. The van der Waals surface area contributed by atoms with E-state index >= 15 is 0 Å². The zero-order chi connectivity index (χ0) is 79.0. The summed E-state index contributed by atoms with van der Waals surface area (Å²) in [5, 5.41) is 98.5. The number of alkyl halides is 3. The fraction of sp³-hybridized carbons (Fsp3) is 0.704. The number of aliphatic hydroxyl groups is 6. The fourth-order valence-corrected chi connectivity index (χ4v) is 25.9.